The number of nitrogens with zero attached hydrogens (tertiary/aromatic N) is 3. The van der Waals surface area contributed by atoms with Gasteiger partial charge >= 0.3 is 0 Å². The van der Waals surface area contributed by atoms with Gasteiger partial charge in [0.1, 0.15) is 5.58 Å². The smallest absolute Gasteiger partial charge is 0.297 e. The molecule has 226 valence electrons. The molecule has 49 heavy (non-hydrogen) atoms. The van der Waals surface area contributed by atoms with Crippen LogP contribution in [0.1, 0.15) is 0 Å². The maximum atomic E-state index is 6.94. The average molecular weight is 624 g/mol. The summed E-state index contributed by atoms with van der Waals surface area (Å²) in [5.41, 5.74) is 15.2. The van der Waals surface area contributed by atoms with Crippen LogP contribution in [0.5, 0.6) is 0 Å². The van der Waals surface area contributed by atoms with Gasteiger partial charge in [0.2, 0.25) is 0 Å². The Bertz CT molecular complexity index is 3010. The summed E-state index contributed by atoms with van der Waals surface area (Å²) in [6.45, 7) is -0.0461. The first-order chi connectivity index (χ1) is 24.4. The first-order valence-corrected chi connectivity index (χ1v) is 16.9. The van der Waals surface area contributed by atoms with Crippen molar-refractivity contribution >= 4 is 94.9 Å². The van der Waals surface area contributed by atoms with E-state index in [-0.39, 0.29) is 6.71 Å². The Labute approximate surface area is 281 Å². The van der Waals surface area contributed by atoms with Crippen LogP contribution in [0.3, 0.4) is 0 Å². The predicted molar refractivity (Wildman–Crippen MR) is 204 cm³/mol. The fourth-order valence-electron chi connectivity index (χ4n) is 9.06. The van der Waals surface area contributed by atoms with E-state index in [4.69, 9.17) is 4.42 Å². The molecule has 0 radical (unpaired) electrons. The summed E-state index contributed by atoms with van der Waals surface area (Å²) in [7, 11) is 0. The third-order valence-electron chi connectivity index (χ3n) is 10.9. The molecular weight excluding hydrogens is 597 g/mol. The predicted octanol–water partition coefficient (Wildman–Crippen LogP) is 9.24. The van der Waals surface area contributed by atoms with Crippen LogP contribution in [-0.4, -0.2) is 15.8 Å². The van der Waals surface area contributed by atoms with Crippen LogP contribution < -0.4 is 21.5 Å². The second-order valence-electron chi connectivity index (χ2n) is 13.2. The molecule has 0 amide bonds. The molecule has 5 heterocycles. The zero-order chi connectivity index (χ0) is 31.8. The zero-order valence-electron chi connectivity index (χ0n) is 26.3. The minimum atomic E-state index is -0.0461. The van der Waals surface area contributed by atoms with Crippen molar-refractivity contribution in [2.75, 3.05) is 4.90 Å². The molecule has 2 aliphatic rings. The maximum absolute atomic E-state index is 6.94. The van der Waals surface area contributed by atoms with Crippen LogP contribution in [0.4, 0.5) is 17.1 Å². The molecule has 4 nitrogen and oxygen atoms in total. The minimum absolute atomic E-state index is 0.0461. The van der Waals surface area contributed by atoms with E-state index in [0.29, 0.717) is 0 Å². The van der Waals surface area contributed by atoms with Gasteiger partial charge in [-0.25, -0.2) is 0 Å². The van der Waals surface area contributed by atoms with E-state index >= 15 is 0 Å². The van der Waals surface area contributed by atoms with E-state index < -0.39 is 0 Å². The van der Waals surface area contributed by atoms with Gasteiger partial charge in [-0.05, 0) is 71.6 Å². The zero-order valence-corrected chi connectivity index (χ0v) is 26.3. The lowest BCUT2D eigenvalue weighted by Gasteiger charge is -2.37. The number of para-hydroxylation sites is 5. The molecule has 0 atom stereocenters. The van der Waals surface area contributed by atoms with Gasteiger partial charge in [-0.3, -0.25) is 0 Å². The number of hydrogen-bond acceptors (Lipinski definition) is 2. The van der Waals surface area contributed by atoms with Crippen LogP contribution in [0.2, 0.25) is 0 Å². The summed E-state index contributed by atoms with van der Waals surface area (Å²) >= 11 is 0. The van der Waals surface area contributed by atoms with Crippen LogP contribution in [0.25, 0.3) is 66.0 Å². The van der Waals surface area contributed by atoms with E-state index in [1.54, 1.807) is 0 Å². The number of hydrogen-bond donors (Lipinski definition) is 0. The molecule has 12 rings (SSSR count). The van der Waals surface area contributed by atoms with Gasteiger partial charge in [-0.1, -0.05) is 97.1 Å². The first-order valence-electron chi connectivity index (χ1n) is 16.9. The summed E-state index contributed by atoms with van der Waals surface area (Å²) in [6, 6.07) is 57.1. The van der Waals surface area contributed by atoms with Crippen molar-refractivity contribution < 1.29 is 4.42 Å². The Morgan fingerprint density at radius 2 is 1.12 bits per heavy atom. The molecule has 0 spiro atoms. The molecule has 0 saturated heterocycles. The number of rotatable bonds is 2. The Morgan fingerprint density at radius 3 is 1.98 bits per heavy atom. The van der Waals surface area contributed by atoms with Crippen LogP contribution >= 0.6 is 0 Å². The summed E-state index contributed by atoms with van der Waals surface area (Å²) < 4.78 is 11.9. The molecule has 5 heteroatoms. The van der Waals surface area contributed by atoms with Gasteiger partial charge < -0.3 is 18.5 Å². The molecule has 0 aliphatic carbocycles. The van der Waals surface area contributed by atoms with Gasteiger partial charge in [0.05, 0.1) is 27.9 Å². The van der Waals surface area contributed by atoms with Gasteiger partial charge in [0.15, 0.2) is 0 Å². The number of fused-ring (bicyclic) bond motifs is 13. The molecule has 0 unspecified atom stereocenters. The highest BCUT2D eigenvalue weighted by atomic mass is 16.3. The van der Waals surface area contributed by atoms with Crippen molar-refractivity contribution in [1.29, 1.82) is 0 Å². The lowest BCUT2D eigenvalue weighted by Crippen LogP contribution is -2.59. The van der Waals surface area contributed by atoms with Gasteiger partial charge in [0.25, 0.3) is 6.71 Å². The second-order valence-corrected chi connectivity index (χ2v) is 13.2. The second kappa shape index (κ2) is 9.12. The molecule has 7 aromatic carbocycles. The number of anilines is 3. The summed E-state index contributed by atoms with van der Waals surface area (Å²) in [4.78, 5) is 2.42. The summed E-state index contributed by atoms with van der Waals surface area (Å²) in [6.07, 6.45) is 0. The van der Waals surface area contributed by atoms with E-state index in [1.165, 1.54) is 65.9 Å². The number of furan rings is 1. The van der Waals surface area contributed by atoms with Crippen molar-refractivity contribution in [2.45, 2.75) is 0 Å². The van der Waals surface area contributed by atoms with Crippen LogP contribution in [0, 0.1) is 0 Å². The SMILES string of the molecule is c1ccc(N2c3cccc4c3B(c3oc5ccccc5c32)c2cccc3c5ccc6c(c7ccccc7n6-c6ccccc6)c5n-4c23)cc1. The molecule has 0 N–H and O–H groups in total. The highest BCUT2D eigenvalue weighted by Crippen LogP contribution is 2.46. The van der Waals surface area contributed by atoms with Gasteiger partial charge in [-0.2, -0.15) is 0 Å². The van der Waals surface area contributed by atoms with Crippen molar-refractivity contribution in [3.8, 4) is 11.4 Å². The first kappa shape index (κ1) is 25.6. The summed E-state index contributed by atoms with van der Waals surface area (Å²) in [5.74, 6) is 0. The minimum Gasteiger partial charge on any atom is -0.468 e. The van der Waals surface area contributed by atoms with Gasteiger partial charge in [-0.15, -0.1) is 0 Å². The van der Waals surface area contributed by atoms with Crippen molar-refractivity contribution in [3.05, 3.63) is 158 Å². The third kappa shape index (κ3) is 3.11. The number of aromatic nitrogens is 2. The highest BCUT2D eigenvalue weighted by molar-refractivity contribution is 7.00. The quantitative estimate of drug-likeness (QED) is 0.180. The van der Waals surface area contributed by atoms with Crippen molar-refractivity contribution in [3.63, 3.8) is 0 Å². The maximum Gasteiger partial charge on any atom is 0.297 e. The van der Waals surface area contributed by atoms with Crippen LogP contribution in [-0.2, 0) is 0 Å². The lowest BCUT2D eigenvalue weighted by molar-refractivity contribution is 0.651. The van der Waals surface area contributed by atoms with Crippen LogP contribution in [0.15, 0.2) is 162 Å². The molecule has 0 fully saturated rings. The Kier molecular flexibility index (Phi) is 4.77. The fourth-order valence-corrected chi connectivity index (χ4v) is 9.06. The molecule has 2 aliphatic heterocycles. The Balaban J connectivity index is 1.28. The molecule has 0 bridgehead atoms. The van der Waals surface area contributed by atoms with Crippen molar-refractivity contribution in [1.82, 2.24) is 9.13 Å². The van der Waals surface area contributed by atoms with Crippen molar-refractivity contribution in [2.24, 2.45) is 0 Å². The topological polar surface area (TPSA) is 26.2 Å². The molecule has 10 aromatic rings. The fraction of sp³-hybridized carbons (Fsp3) is 0. The van der Waals surface area contributed by atoms with E-state index in [1.807, 2.05) is 0 Å². The molecule has 0 saturated carbocycles. The van der Waals surface area contributed by atoms with E-state index in [2.05, 4.69) is 172 Å². The standard InChI is InChI=1S/C44H26BN3O/c1-3-13-27(14-4-1)46-34-21-9-7-17-31(34)39-35(46)26-25-30-29-19-11-20-33-41(29)48(42(30)39)37-23-12-22-36-40(37)45(33)44-43(32-18-8-10-24-38(32)49-44)47(36)28-15-5-2-6-16-28/h1-26H. The average Bonchev–Trinajstić information content (AvgIpc) is 3.82. The van der Waals surface area contributed by atoms with Gasteiger partial charge in [0, 0.05) is 55.2 Å². The van der Waals surface area contributed by atoms with E-state index in [9.17, 15) is 0 Å². The largest absolute Gasteiger partial charge is 0.468 e. The summed E-state index contributed by atoms with van der Waals surface area (Å²) in [5, 5.41) is 6.19. The monoisotopic (exact) mass is 623 g/mol. The highest BCUT2D eigenvalue weighted by Gasteiger charge is 2.45. The lowest BCUT2D eigenvalue weighted by atomic mass is 9.36. The molecule has 3 aromatic heterocycles. The molecular formula is C44H26BN3O. The van der Waals surface area contributed by atoms with E-state index in [0.717, 1.165) is 33.7 Å². The Hall–Kier alpha value is -6.46. The Morgan fingerprint density at radius 1 is 0.449 bits per heavy atom. The third-order valence-corrected chi connectivity index (χ3v) is 10.9. The normalized spacial score (nSPS) is 13.2. The number of benzene rings is 7.